The molecular formula is C16H22N4. The van der Waals surface area contributed by atoms with E-state index in [1.165, 1.54) is 17.4 Å². The molecule has 2 rings (SSSR count). The molecule has 0 aliphatic rings. The van der Waals surface area contributed by atoms with Gasteiger partial charge in [-0.2, -0.15) is 0 Å². The van der Waals surface area contributed by atoms with Crippen LogP contribution in [0.15, 0.2) is 41.5 Å². The van der Waals surface area contributed by atoms with Gasteiger partial charge in [-0.1, -0.05) is 31.5 Å². The molecule has 0 spiro atoms. The van der Waals surface area contributed by atoms with E-state index in [4.69, 9.17) is 0 Å². The van der Waals surface area contributed by atoms with Crippen molar-refractivity contribution >= 4 is 16.9 Å². The molecule has 0 fully saturated rings. The zero-order valence-corrected chi connectivity index (χ0v) is 12.2. The SMILES string of the molecule is CCCCNC(=NC)NCc1ccnc2ccccc12. The average Bonchev–Trinajstić information content (AvgIpc) is 2.50. The topological polar surface area (TPSA) is 49.3 Å². The van der Waals surface area contributed by atoms with E-state index in [1.807, 2.05) is 24.4 Å². The third-order valence-electron chi connectivity index (χ3n) is 3.23. The summed E-state index contributed by atoms with van der Waals surface area (Å²) >= 11 is 0. The number of para-hydroxylation sites is 1. The Morgan fingerprint density at radius 1 is 1.20 bits per heavy atom. The molecule has 4 heteroatoms. The minimum atomic E-state index is 0.745. The molecule has 0 aliphatic carbocycles. The van der Waals surface area contributed by atoms with Gasteiger partial charge in [0, 0.05) is 31.7 Å². The molecule has 0 aliphatic heterocycles. The van der Waals surface area contributed by atoms with Gasteiger partial charge in [0.25, 0.3) is 0 Å². The second kappa shape index (κ2) is 7.48. The lowest BCUT2D eigenvalue weighted by molar-refractivity contribution is 0.729. The summed E-state index contributed by atoms with van der Waals surface area (Å²) in [5.74, 6) is 0.847. The smallest absolute Gasteiger partial charge is 0.191 e. The summed E-state index contributed by atoms with van der Waals surface area (Å²) in [6.45, 7) is 3.88. The first kappa shape index (κ1) is 14.3. The Labute approximate surface area is 120 Å². The normalized spacial score (nSPS) is 11.6. The fourth-order valence-corrected chi connectivity index (χ4v) is 2.09. The molecule has 106 valence electrons. The zero-order valence-electron chi connectivity index (χ0n) is 12.2. The predicted molar refractivity (Wildman–Crippen MR) is 84.9 cm³/mol. The summed E-state index contributed by atoms with van der Waals surface area (Å²) in [4.78, 5) is 8.61. The van der Waals surface area contributed by atoms with Gasteiger partial charge in [0.1, 0.15) is 0 Å². The van der Waals surface area contributed by atoms with E-state index in [2.05, 4.69) is 39.7 Å². The second-order valence-electron chi connectivity index (χ2n) is 4.69. The highest BCUT2D eigenvalue weighted by molar-refractivity contribution is 5.83. The molecule has 2 N–H and O–H groups in total. The maximum atomic E-state index is 4.38. The average molecular weight is 270 g/mol. The first-order chi connectivity index (χ1) is 9.85. The highest BCUT2D eigenvalue weighted by atomic mass is 15.2. The van der Waals surface area contributed by atoms with Crippen molar-refractivity contribution in [2.24, 2.45) is 4.99 Å². The molecule has 0 saturated heterocycles. The summed E-state index contributed by atoms with van der Waals surface area (Å²) < 4.78 is 0. The standard InChI is InChI=1S/C16H22N4/c1-3-4-10-19-16(17-2)20-12-13-9-11-18-15-8-6-5-7-14(13)15/h5-9,11H,3-4,10,12H2,1-2H3,(H2,17,19,20). The Morgan fingerprint density at radius 2 is 2.05 bits per heavy atom. The largest absolute Gasteiger partial charge is 0.356 e. The molecule has 0 radical (unpaired) electrons. The van der Waals surface area contributed by atoms with Gasteiger partial charge >= 0.3 is 0 Å². The van der Waals surface area contributed by atoms with Crippen LogP contribution in [-0.4, -0.2) is 24.5 Å². The second-order valence-corrected chi connectivity index (χ2v) is 4.69. The molecular weight excluding hydrogens is 248 g/mol. The van der Waals surface area contributed by atoms with Crippen LogP contribution in [0.4, 0.5) is 0 Å². The quantitative estimate of drug-likeness (QED) is 0.499. The molecule has 0 atom stereocenters. The third kappa shape index (κ3) is 3.70. The highest BCUT2D eigenvalue weighted by Crippen LogP contribution is 2.15. The number of aromatic nitrogens is 1. The van der Waals surface area contributed by atoms with Crippen molar-refractivity contribution in [3.8, 4) is 0 Å². The van der Waals surface area contributed by atoms with Gasteiger partial charge in [-0.25, -0.2) is 0 Å². The molecule has 1 heterocycles. The number of unbranched alkanes of at least 4 members (excludes halogenated alkanes) is 1. The van der Waals surface area contributed by atoms with Crippen molar-refractivity contribution in [2.45, 2.75) is 26.3 Å². The van der Waals surface area contributed by atoms with Crippen molar-refractivity contribution in [2.75, 3.05) is 13.6 Å². The van der Waals surface area contributed by atoms with Crippen molar-refractivity contribution in [3.63, 3.8) is 0 Å². The summed E-state index contributed by atoms with van der Waals surface area (Å²) in [6.07, 6.45) is 4.19. The van der Waals surface area contributed by atoms with Gasteiger partial charge in [-0.3, -0.25) is 9.98 Å². The van der Waals surface area contributed by atoms with Crippen molar-refractivity contribution in [1.29, 1.82) is 0 Å². The van der Waals surface area contributed by atoms with Crippen molar-refractivity contribution < 1.29 is 0 Å². The number of guanidine groups is 1. The monoisotopic (exact) mass is 270 g/mol. The number of pyridine rings is 1. The number of rotatable bonds is 5. The van der Waals surface area contributed by atoms with E-state index in [0.717, 1.165) is 31.0 Å². The molecule has 4 nitrogen and oxygen atoms in total. The summed E-state index contributed by atoms with van der Waals surface area (Å²) in [7, 11) is 1.80. The third-order valence-corrected chi connectivity index (χ3v) is 3.23. The number of benzene rings is 1. The van der Waals surface area contributed by atoms with Crippen LogP contribution in [-0.2, 0) is 6.54 Å². The molecule has 1 aromatic heterocycles. The number of nitrogens with one attached hydrogen (secondary N) is 2. The molecule has 20 heavy (non-hydrogen) atoms. The Hall–Kier alpha value is -2.10. The number of hydrogen-bond acceptors (Lipinski definition) is 2. The van der Waals surface area contributed by atoms with Gasteiger partial charge in [-0.15, -0.1) is 0 Å². The van der Waals surface area contributed by atoms with Crippen LogP contribution in [0.1, 0.15) is 25.3 Å². The minimum Gasteiger partial charge on any atom is -0.356 e. The zero-order chi connectivity index (χ0) is 14.2. The lowest BCUT2D eigenvalue weighted by atomic mass is 10.1. The van der Waals surface area contributed by atoms with Crippen LogP contribution in [0.3, 0.4) is 0 Å². The van der Waals surface area contributed by atoms with Crippen molar-refractivity contribution in [3.05, 3.63) is 42.1 Å². The summed E-state index contributed by atoms with van der Waals surface area (Å²) in [6, 6.07) is 10.2. The Kier molecular flexibility index (Phi) is 5.35. The van der Waals surface area contributed by atoms with E-state index in [0.29, 0.717) is 0 Å². The van der Waals surface area contributed by atoms with Gasteiger partial charge < -0.3 is 10.6 Å². The van der Waals surface area contributed by atoms with Crippen LogP contribution >= 0.6 is 0 Å². The predicted octanol–water partition coefficient (Wildman–Crippen LogP) is 2.70. The number of aliphatic imine (C=N–C) groups is 1. The maximum Gasteiger partial charge on any atom is 0.191 e. The fourth-order valence-electron chi connectivity index (χ4n) is 2.09. The fraction of sp³-hybridized carbons (Fsp3) is 0.375. The van der Waals surface area contributed by atoms with Crippen LogP contribution in [0.5, 0.6) is 0 Å². The number of nitrogens with zero attached hydrogens (tertiary/aromatic N) is 2. The first-order valence-electron chi connectivity index (χ1n) is 7.12. The van der Waals surface area contributed by atoms with Crippen LogP contribution < -0.4 is 10.6 Å². The van der Waals surface area contributed by atoms with E-state index in [-0.39, 0.29) is 0 Å². The summed E-state index contributed by atoms with van der Waals surface area (Å²) in [5, 5.41) is 7.85. The lowest BCUT2D eigenvalue weighted by Crippen LogP contribution is -2.37. The molecule has 0 saturated carbocycles. The first-order valence-corrected chi connectivity index (χ1v) is 7.12. The summed E-state index contributed by atoms with van der Waals surface area (Å²) in [5.41, 5.74) is 2.26. The Balaban J connectivity index is 2.01. The molecule has 0 unspecified atom stereocenters. The minimum absolute atomic E-state index is 0.745. The van der Waals surface area contributed by atoms with Crippen LogP contribution in [0.25, 0.3) is 10.9 Å². The van der Waals surface area contributed by atoms with Crippen LogP contribution in [0.2, 0.25) is 0 Å². The van der Waals surface area contributed by atoms with E-state index in [9.17, 15) is 0 Å². The molecule has 2 aromatic rings. The van der Waals surface area contributed by atoms with E-state index >= 15 is 0 Å². The van der Waals surface area contributed by atoms with Gasteiger partial charge in [0.2, 0.25) is 0 Å². The number of fused-ring (bicyclic) bond motifs is 1. The molecule has 1 aromatic carbocycles. The Morgan fingerprint density at radius 3 is 2.85 bits per heavy atom. The molecule has 0 bridgehead atoms. The van der Waals surface area contributed by atoms with Crippen molar-refractivity contribution in [1.82, 2.24) is 15.6 Å². The van der Waals surface area contributed by atoms with Gasteiger partial charge in [0.05, 0.1) is 5.52 Å². The van der Waals surface area contributed by atoms with E-state index in [1.54, 1.807) is 7.05 Å². The van der Waals surface area contributed by atoms with Gasteiger partial charge in [0.15, 0.2) is 5.96 Å². The maximum absolute atomic E-state index is 4.38. The number of hydrogen-bond donors (Lipinski definition) is 2. The van der Waals surface area contributed by atoms with E-state index < -0.39 is 0 Å². The highest BCUT2D eigenvalue weighted by Gasteiger charge is 2.02. The molecule has 0 amide bonds. The Bertz CT molecular complexity index is 572. The van der Waals surface area contributed by atoms with Gasteiger partial charge in [-0.05, 0) is 24.1 Å². The lowest BCUT2D eigenvalue weighted by Gasteiger charge is -2.12. The van der Waals surface area contributed by atoms with Crippen LogP contribution in [0, 0.1) is 0 Å².